The van der Waals surface area contributed by atoms with Crippen LogP contribution in [0, 0.1) is 17.0 Å². The van der Waals surface area contributed by atoms with Crippen LogP contribution in [0.3, 0.4) is 0 Å². The van der Waals surface area contributed by atoms with Gasteiger partial charge in [0, 0.05) is 30.8 Å². The van der Waals surface area contributed by atoms with Crippen LogP contribution in [-0.2, 0) is 13.0 Å². The van der Waals surface area contributed by atoms with Crippen molar-refractivity contribution in [3.05, 3.63) is 94.6 Å². The van der Waals surface area contributed by atoms with Gasteiger partial charge in [0.1, 0.15) is 29.7 Å². The van der Waals surface area contributed by atoms with Crippen LogP contribution in [0.5, 0.6) is 11.5 Å². The Morgan fingerprint density at radius 2 is 1.69 bits per heavy atom. The van der Waals surface area contributed by atoms with E-state index in [9.17, 15) is 8.78 Å². The number of hydrogen-bond donors (Lipinski definition) is 1. The highest BCUT2D eigenvalue weighted by Crippen LogP contribution is 2.43. The van der Waals surface area contributed by atoms with Crippen LogP contribution in [0.1, 0.15) is 66.8 Å². The second kappa shape index (κ2) is 12.6. The molecule has 6 rings (SSSR count). The molecule has 1 spiro atoms. The molecule has 224 valence electrons. The van der Waals surface area contributed by atoms with Crippen molar-refractivity contribution < 1.29 is 27.0 Å². The van der Waals surface area contributed by atoms with Crippen molar-refractivity contribution in [2.45, 2.75) is 70.1 Å². The third-order valence-electron chi connectivity index (χ3n) is 9.25. The van der Waals surface area contributed by atoms with Gasteiger partial charge in [-0.05, 0) is 85.7 Å². The lowest BCUT2D eigenvalue weighted by Crippen LogP contribution is -2.43. The molecule has 1 N–H and O–H groups in total. The van der Waals surface area contributed by atoms with Gasteiger partial charge in [0.05, 0.1) is 18.7 Å². The van der Waals surface area contributed by atoms with Crippen molar-refractivity contribution in [1.82, 2.24) is 10.2 Å². The van der Waals surface area contributed by atoms with Gasteiger partial charge < -0.3 is 14.8 Å². The molecule has 3 aliphatic rings. The van der Waals surface area contributed by atoms with Gasteiger partial charge in [-0.15, -0.1) is 0 Å². The number of halogens is 4. The monoisotopic (exact) mass is 582 g/mol. The lowest BCUT2D eigenvalue weighted by Gasteiger charge is -2.43. The van der Waals surface area contributed by atoms with E-state index in [2.05, 4.69) is 5.32 Å². The topological polar surface area (TPSA) is 33.7 Å². The molecule has 8 heteroatoms. The summed E-state index contributed by atoms with van der Waals surface area (Å²) in [5.41, 5.74) is 2.55. The summed E-state index contributed by atoms with van der Waals surface area (Å²) < 4.78 is 70.8. The Morgan fingerprint density at radius 3 is 2.38 bits per heavy atom. The molecule has 2 heterocycles. The van der Waals surface area contributed by atoms with Crippen LogP contribution in [-0.4, -0.2) is 43.6 Å². The zero-order chi connectivity index (χ0) is 29.1. The molecule has 1 saturated heterocycles. The van der Waals surface area contributed by atoms with Gasteiger partial charge in [-0.25, -0.2) is 17.6 Å². The van der Waals surface area contributed by atoms with Crippen molar-refractivity contribution in [1.29, 1.82) is 0 Å². The molecule has 1 unspecified atom stereocenters. The van der Waals surface area contributed by atoms with E-state index in [1.54, 1.807) is 12.1 Å². The lowest BCUT2D eigenvalue weighted by atomic mass is 9.69. The van der Waals surface area contributed by atoms with Gasteiger partial charge in [0.15, 0.2) is 0 Å². The number of benzene rings is 3. The molecule has 1 saturated carbocycles. The van der Waals surface area contributed by atoms with Gasteiger partial charge in [-0.1, -0.05) is 36.4 Å². The van der Waals surface area contributed by atoms with Gasteiger partial charge in [0.25, 0.3) is 6.43 Å². The minimum absolute atomic E-state index is 0.0951. The first kappa shape index (κ1) is 29.0. The summed E-state index contributed by atoms with van der Waals surface area (Å²) in [5, 5.41) is 3.50. The summed E-state index contributed by atoms with van der Waals surface area (Å²) in [6.45, 7) is 2.14. The number of fused-ring (bicyclic) bond motifs is 1. The van der Waals surface area contributed by atoms with E-state index in [4.69, 9.17) is 9.47 Å². The first-order valence-electron chi connectivity index (χ1n) is 15.1. The zero-order valence-corrected chi connectivity index (χ0v) is 23.8. The predicted octanol–water partition coefficient (Wildman–Crippen LogP) is 7.45. The van der Waals surface area contributed by atoms with Gasteiger partial charge >= 0.3 is 0 Å². The van der Waals surface area contributed by atoms with Gasteiger partial charge in [-0.3, -0.25) is 4.90 Å². The van der Waals surface area contributed by atoms with Gasteiger partial charge in [0.2, 0.25) is 0 Å². The van der Waals surface area contributed by atoms with E-state index < -0.39 is 30.6 Å². The Labute approximate surface area is 245 Å². The Morgan fingerprint density at radius 1 is 0.929 bits per heavy atom. The van der Waals surface area contributed by atoms with Crippen molar-refractivity contribution in [3.8, 4) is 11.5 Å². The SMILES string of the molecule is Fc1cc(OC2CCC3(CCCNC3)CC2)cc(F)c1C1c2ccc(OCc3ccccc3)cc2CCN1CC(F)F. The van der Waals surface area contributed by atoms with E-state index in [0.717, 1.165) is 49.9 Å². The summed E-state index contributed by atoms with van der Waals surface area (Å²) in [6.07, 6.45) is 3.90. The zero-order valence-electron chi connectivity index (χ0n) is 23.8. The number of nitrogens with zero attached hydrogens (tertiary/aromatic N) is 1. The van der Waals surface area contributed by atoms with Crippen molar-refractivity contribution in [3.63, 3.8) is 0 Å². The fourth-order valence-electron chi connectivity index (χ4n) is 7.06. The van der Waals surface area contributed by atoms with E-state index in [-0.39, 0.29) is 24.0 Å². The molecule has 42 heavy (non-hydrogen) atoms. The highest BCUT2D eigenvalue weighted by molar-refractivity contribution is 5.46. The highest BCUT2D eigenvalue weighted by atomic mass is 19.3. The third kappa shape index (κ3) is 6.45. The largest absolute Gasteiger partial charge is 0.490 e. The molecule has 3 aromatic carbocycles. The van der Waals surface area contributed by atoms with E-state index in [1.807, 2.05) is 36.4 Å². The first-order valence-corrected chi connectivity index (χ1v) is 15.1. The van der Waals surface area contributed by atoms with Crippen LogP contribution >= 0.6 is 0 Å². The van der Waals surface area contributed by atoms with Crippen LogP contribution in [0.15, 0.2) is 60.7 Å². The molecule has 0 aromatic heterocycles. The number of rotatable bonds is 8. The second-order valence-corrected chi connectivity index (χ2v) is 12.1. The summed E-state index contributed by atoms with van der Waals surface area (Å²) in [7, 11) is 0. The average molecular weight is 583 g/mol. The molecule has 1 atom stereocenters. The molecule has 0 bridgehead atoms. The second-order valence-electron chi connectivity index (χ2n) is 12.1. The number of piperidine rings is 1. The molecular weight excluding hydrogens is 544 g/mol. The van der Waals surface area contributed by atoms with Crippen molar-refractivity contribution in [2.75, 3.05) is 26.2 Å². The molecule has 0 amide bonds. The molecular formula is C34H38F4N2O2. The maximum absolute atomic E-state index is 15.8. The number of ether oxygens (including phenoxy) is 2. The van der Waals surface area contributed by atoms with Crippen LogP contribution in [0.25, 0.3) is 0 Å². The molecule has 1 aliphatic carbocycles. The Hall–Kier alpha value is -3.10. The lowest BCUT2D eigenvalue weighted by molar-refractivity contribution is 0.0604. The number of nitrogens with one attached hydrogen (secondary N) is 1. The molecule has 4 nitrogen and oxygen atoms in total. The Kier molecular flexibility index (Phi) is 8.72. The fourth-order valence-corrected chi connectivity index (χ4v) is 7.06. The third-order valence-corrected chi connectivity index (χ3v) is 9.25. The number of hydrogen-bond acceptors (Lipinski definition) is 4. The maximum Gasteiger partial charge on any atom is 0.251 e. The van der Waals surface area contributed by atoms with Gasteiger partial charge in [-0.2, -0.15) is 0 Å². The summed E-state index contributed by atoms with van der Waals surface area (Å²) >= 11 is 0. The Balaban J connectivity index is 1.21. The predicted molar refractivity (Wildman–Crippen MR) is 154 cm³/mol. The maximum atomic E-state index is 15.8. The van der Waals surface area contributed by atoms with Crippen LogP contribution < -0.4 is 14.8 Å². The van der Waals surface area contributed by atoms with E-state index in [0.29, 0.717) is 29.8 Å². The quantitative estimate of drug-likeness (QED) is 0.280. The minimum atomic E-state index is -2.63. The minimum Gasteiger partial charge on any atom is -0.490 e. The Bertz CT molecular complexity index is 1330. The first-order chi connectivity index (χ1) is 20.4. The summed E-state index contributed by atoms with van der Waals surface area (Å²) in [4.78, 5) is 1.47. The normalized spacial score (nSPS) is 24.5. The number of alkyl halides is 2. The van der Waals surface area contributed by atoms with Crippen molar-refractivity contribution >= 4 is 0 Å². The van der Waals surface area contributed by atoms with Crippen LogP contribution in [0.4, 0.5) is 17.6 Å². The highest BCUT2D eigenvalue weighted by Gasteiger charge is 2.38. The summed E-state index contributed by atoms with van der Waals surface area (Å²) in [6, 6.07) is 16.6. The molecule has 2 aliphatic heterocycles. The van der Waals surface area contributed by atoms with Crippen molar-refractivity contribution in [2.24, 2.45) is 5.41 Å². The summed E-state index contributed by atoms with van der Waals surface area (Å²) in [5.74, 6) is -0.787. The molecule has 3 aromatic rings. The van der Waals surface area contributed by atoms with Crippen LogP contribution in [0.2, 0.25) is 0 Å². The standard InChI is InChI=1S/C34H38F4N2O2/c35-29-18-27(42-25-9-13-34(14-10-25)12-4-15-39-22-34)19-30(36)32(29)33-28-8-7-26(41-21-23-5-2-1-3-6-23)17-24(28)11-16-40(33)20-31(37)38/h1-3,5-8,17-19,25,31,33,39H,4,9-16,20-22H2. The fraction of sp³-hybridized carbons (Fsp3) is 0.471. The van der Waals surface area contributed by atoms with E-state index in [1.165, 1.54) is 29.9 Å². The van der Waals surface area contributed by atoms with E-state index >= 15 is 8.78 Å². The molecule has 2 fully saturated rings. The smallest absolute Gasteiger partial charge is 0.251 e. The molecule has 0 radical (unpaired) electrons. The average Bonchev–Trinajstić information content (AvgIpc) is 2.98.